The van der Waals surface area contributed by atoms with Gasteiger partial charge in [-0.1, -0.05) is 18.2 Å². The summed E-state index contributed by atoms with van der Waals surface area (Å²) in [4.78, 5) is 28.8. The van der Waals surface area contributed by atoms with Gasteiger partial charge < -0.3 is 9.47 Å². The Bertz CT molecular complexity index is 655. The molecule has 24 heavy (non-hydrogen) atoms. The van der Waals surface area contributed by atoms with E-state index in [9.17, 15) is 9.59 Å². The number of para-hydroxylation sites is 1. The van der Waals surface area contributed by atoms with E-state index in [0.717, 1.165) is 0 Å². The predicted molar refractivity (Wildman–Crippen MR) is 91.3 cm³/mol. The Morgan fingerprint density at radius 3 is 2.62 bits per heavy atom. The highest BCUT2D eigenvalue weighted by molar-refractivity contribution is 6.30. The molecule has 1 amide bonds. The maximum atomic E-state index is 12.8. The maximum Gasteiger partial charge on any atom is 0.311 e. The lowest BCUT2D eigenvalue weighted by Gasteiger charge is -2.14. The number of hydrogen-bond donors (Lipinski definition) is 0. The third-order valence-corrected chi connectivity index (χ3v) is 3.65. The van der Waals surface area contributed by atoms with E-state index in [0.29, 0.717) is 30.3 Å². The van der Waals surface area contributed by atoms with Crippen LogP contribution in [-0.2, 0) is 19.1 Å². The van der Waals surface area contributed by atoms with Crippen molar-refractivity contribution in [3.63, 3.8) is 0 Å². The number of benzene rings is 1. The molecule has 0 radical (unpaired) electrons. The second-order valence-electron chi connectivity index (χ2n) is 5.28. The lowest BCUT2D eigenvalue weighted by atomic mass is 9.96. The second kappa shape index (κ2) is 8.35. The van der Waals surface area contributed by atoms with Gasteiger partial charge in [-0.25, -0.2) is 0 Å². The molecule has 7 heteroatoms. The SMILES string of the molecule is COCCN=C(C)C1C(=O)N(c2ccccc2)N=C1CC(=O)OC. The highest BCUT2D eigenvalue weighted by Gasteiger charge is 2.39. The highest BCUT2D eigenvalue weighted by Crippen LogP contribution is 2.26. The van der Waals surface area contributed by atoms with Gasteiger partial charge in [0.05, 0.1) is 38.1 Å². The molecule has 7 nitrogen and oxygen atoms in total. The molecule has 0 spiro atoms. The normalized spacial score (nSPS) is 17.9. The van der Waals surface area contributed by atoms with Crippen molar-refractivity contribution in [1.82, 2.24) is 0 Å². The number of carbonyl (C=O) groups is 2. The first kappa shape index (κ1) is 17.8. The fraction of sp³-hybridized carbons (Fsp3) is 0.412. The van der Waals surface area contributed by atoms with Crippen molar-refractivity contribution in [2.24, 2.45) is 16.0 Å². The van der Waals surface area contributed by atoms with Crippen molar-refractivity contribution in [2.75, 3.05) is 32.4 Å². The molecular weight excluding hydrogens is 310 g/mol. The zero-order valence-corrected chi connectivity index (χ0v) is 14.1. The first-order valence-electron chi connectivity index (χ1n) is 7.61. The van der Waals surface area contributed by atoms with Gasteiger partial charge in [0.25, 0.3) is 5.91 Å². The van der Waals surface area contributed by atoms with Crippen LogP contribution < -0.4 is 5.01 Å². The maximum absolute atomic E-state index is 12.8. The molecule has 128 valence electrons. The van der Waals surface area contributed by atoms with Gasteiger partial charge in [-0.3, -0.25) is 14.6 Å². The Morgan fingerprint density at radius 2 is 2.00 bits per heavy atom. The lowest BCUT2D eigenvalue weighted by Crippen LogP contribution is -2.33. The van der Waals surface area contributed by atoms with Crippen LogP contribution in [0.1, 0.15) is 13.3 Å². The molecule has 2 rings (SSSR count). The minimum absolute atomic E-state index is 0.0482. The van der Waals surface area contributed by atoms with Gasteiger partial charge in [0.15, 0.2) is 0 Å². The van der Waals surface area contributed by atoms with Gasteiger partial charge in [-0.2, -0.15) is 10.1 Å². The predicted octanol–water partition coefficient (Wildman–Crippen LogP) is 1.68. The van der Waals surface area contributed by atoms with Crippen molar-refractivity contribution < 1.29 is 19.1 Å². The number of aliphatic imine (C=N–C) groups is 1. The standard InChI is InChI=1S/C17H21N3O4/c1-12(18-9-10-23-2)16-14(11-15(21)24-3)19-20(17(16)22)13-7-5-4-6-8-13/h4-8,16H,9-11H2,1-3H3. The first-order valence-corrected chi connectivity index (χ1v) is 7.61. The number of esters is 1. The van der Waals surface area contributed by atoms with E-state index in [1.165, 1.54) is 12.1 Å². The highest BCUT2D eigenvalue weighted by atomic mass is 16.5. The molecule has 1 atom stereocenters. The molecule has 1 aliphatic rings. The van der Waals surface area contributed by atoms with Crippen molar-refractivity contribution >= 4 is 29.0 Å². The fourth-order valence-corrected chi connectivity index (χ4v) is 2.44. The molecule has 1 unspecified atom stereocenters. The molecule has 0 saturated carbocycles. The smallest absolute Gasteiger partial charge is 0.311 e. The lowest BCUT2D eigenvalue weighted by molar-refractivity contribution is -0.139. The van der Waals surface area contributed by atoms with Crippen LogP contribution in [0.25, 0.3) is 0 Å². The Morgan fingerprint density at radius 1 is 1.29 bits per heavy atom. The van der Waals surface area contributed by atoms with Gasteiger partial charge in [-0.15, -0.1) is 0 Å². The molecule has 1 aliphatic heterocycles. The van der Waals surface area contributed by atoms with Crippen LogP contribution in [0.15, 0.2) is 40.4 Å². The van der Waals surface area contributed by atoms with Gasteiger partial charge in [0.1, 0.15) is 5.92 Å². The number of hydrazone groups is 1. The van der Waals surface area contributed by atoms with Gasteiger partial charge in [0.2, 0.25) is 0 Å². The van der Waals surface area contributed by atoms with Crippen LogP contribution in [0.4, 0.5) is 5.69 Å². The number of anilines is 1. The molecule has 0 N–H and O–H groups in total. The molecule has 0 aliphatic carbocycles. The van der Waals surface area contributed by atoms with Crippen LogP contribution in [0.3, 0.4) is 0 Å². The monoisotopic (exact) mass is 331 g/mol. The Labute approximate surface area is 141 Å². The van der Waals surface area contributed by atoms with Crippen LogP contribution in [0.2, 0.25) is 0 Å². The minimum atomic E-state index is -0.652. The van der Waals surface area contributed by atoms with Crippen molar-refractivity contribution in [3.8, 4) is 0 Å². The number of hydrogen-bond acceptors (Lipinski definition) is 6. The minimum Gasteiger partial charge on any atom is -0.469 e. The molecular formula is C17H21N3O4. The summed E-state index contributed by atoms with van der Waals surface area (Å²) < 4.78 is 9.68. The molecule has 1 aromatic rings. The van der Waals surface area contributed by atoms with Crippen molar-refractivity contribution in [2.45, 2.75) is 13.3 Å². The zero-order valence-electron chi connectivity index (χ0n) is 14.1. The van der Waals surface area contributed by atoms with Crippen molar-refractivity contribution in [1.29, 1.82) is 0 Å². The summed E-state index contributed by atoms with van der Waals surface area (Å²) in [5.41, 5.74) is 1.70. The Hall–Kier alpha value is -2.54. The third kappa shape index (κ3) is 4.05. The molecule has 0 fully saturated rings. The van der Waals surface area contributed by atoms with E-state index >= 15 is 0 Å². The van der Waals surface area contributed by atoms with E-state index in [4.69, 9.17) is 9.47 Å². The topological polar surface area (TPSA) is 80.6 Å². The average molecular weight is 331 g/mol. The summed E-state index contributed by atoms with van der Waals surface area (Å²) in [6, 6.07) is 9.09. The summed E-state index contributed by atoms with van der Waals surface area (Å²) >= 11 is 0. The number of nitrogens with zero attached hydrogens (tertiary/aromatic N) is 3. The number of methoxy groups -OCH3 is 2. The van der Waals surface area contributed by atoms with E-state index in [2.05, 4.69) is 10.1 Å². The van der Waals surface area contributed by atoms with Crippen molar-refractivity contribution in [3.05, 3.63) is 30.3 Å². The van der Waals surface area contributed by atoms with Gasteiger partial charge in [-0.05, 0) is 19.1 Å². The van der Waals surface area contributed by atoms with Crippen LogP contribution >= 0.6 is 0 Å². The quantitative estimate of drug-likeness (QED) is 0.432. The van der Waals surface area contributed by atoms with Crippen LogP contribution in [-0.4, -0.2) is 50.7 Å². The average Bonchev–Trinajstić information content (AvgIpc) is 2.91. The number of ether oxygens (including phenoxy) is 2. The summed E-state index contributed by atoms with van der Waals surface area (Å²) in [6.45, 7) is 2.67. The molecule has 1 aromatic carbocycles. The largest absolute Gasteiger partial charge is 0.469 e. The summed E-state index contributed by atoms with van der Waals surface area (Å²) in [5.74, 6) is -1.31. The fourth-order valence-electron chi connectivity index (χ4n) is 2.44. The Kier molecular flexibility index (Phi) is 6.20. The third-order valence-electron chi connectivity index (χ3n) is 3.65. The Balaban J connectivity index is 2.30. The summed E-state index contributed by atoms with van der Waals surface area (Å²) in [7, 11) is 2.90. The van der Waals surface area contributed by atoms with Crippen LogP contribution in [0.5, 0.6) is 0 Å². The van der Waals surface area contributed by atoms with E-state index in [1.807, 2.05) is 18.2 Å². The first-order chi connectivity index (χ1) is 11.6. The number of rotatable bonds is 7. The molecule has 0 aromatic heterocycles. The summed E-state index contributed by atoms with van der Waals surface area (Å²) in [6.07, 6.45) is -0.0482. The second-order valence-corrected chi connectivity index (χ2v) is 5.28. The van der Waals surface area contributed by atoms with E-state index < -0.39 is 11.9 Å². The molecule has 1 heterocycles. The van der Waals surface area contributed by atoms with Crippen LogP contribution in [0, 0.1) is 5.92 Å². The summed E-state index contributed by atoms with van der Waals surface area (Å²) in [5, 5.41) is 5.66. The van der Waals surface area contributed by atoms with Gasteiger partial charge >= 0.3 is 5.97 Å². The number of amides is 1. The van der Waals surface area contributed by atoms with Gasteiger partial charge in [0, 0.05) is 12.8 Å². The molecule has 0 bridgehead atoms. The zero-order chi connectivity index (χ0) is 17.5. The number of carbonyl (C=O) groups excluding carboxylic acids is 2. The molecule has 0 saturated heterocycles. The van der Waals surface area contributed by atoms with E-state index in [1.54, 1.807) is 26.2 Å². The van der Waals surface area contributed by atoms with E-state index in [-0.39, 0.29) is 12.3 Å².